The van der Waals surface area contributed by atoms with Crippen LogP contribution in [-0.4, -0.2) is 19.9 Å². The molecule has 0 bridgehead atoms. The van der Waals surface area contributed by atoms with Gasteiger partial charge in [-0.1, -0.05) is 110 Å². The summed E-state index contributed by atoms with van der Waals surface area (Å²) in [5.41, 5.74) is 9.84. The Labute approximate surface area is 267 Å². The van der Waals surface area contributed by atoms with E-state index in [1.807, 2.05) is 60.7 Å². The van der Waals surface area contributed by atoms with Crippen molar-refractivity contribution >= 4 is 22.9 Å². The molecule has 0 amide bonds. The lowest BCUT2D eigenvalue weighted by Gasteiger charge is -2.13. The van der Waals surface area contributed by atoms with Gasteiger partial charge in [0.1, 0.15) is 0 Å². The Bertz CT molecular complexity index is 2230. The Hall–Kier alpha value is -6.51. The molecule has 0 spiro atoms. The third kappa shape index (κ3) is 5.47. The van der Waals surface area contributed by atoms with E-state index in [1.165, 1.54) is 0 Å². The highest BCUT2D eigenvalue weighted by Crippen LogP contribution is 2.34. The predicted molar refractivity (Wildman–Crippen MR) is 187 cm³/mol. The molecule has 7 aromatic rings. The minimum absolute atomic E-state index is 0.585. The molecule has 0 saturated heterocycles. The minimum Gasteiger partial charge on any atom is -0.244 e. The van der Waals surface area contributed by atoms with Crippen LogP contribution in [0.3, 0.4) is 0 Å². The molecule has 0 aliphatic carbocycles. The number of hydrogen-bond donors (Lipinski definition) is 0. The number of nitrogens with zero attached hydrogens (tertiary/aromatic N) is 5. The SMILES string of the molecule is C=Cc1nc(-c2ccc(C#N)cc2)c(-c2ccc3cc(-c4cc(-c5ccccc5)nc(-c5ccccc5)n4)ccc3c2)nc1C=C. The van der Waals surface area contributed by atoms with E-state index in [1.54, 1.807) is 24.3 Å². The molecule has 46 heavy (non-hydrogen) atoms. The van der Waals surface area contributed by atoms with E-state index in [9.17, 15) is 5.26 Å². The van der Waals surface area contributed by atoms with Gasteiger partial charge in [0.2, 0.25) is 0 Å². The summed E-state index contributed by atoms with van der Waals surface area (Å²) in [4.78, 5) is 19.8. The highest BCUT2D eigenvalue weighted by Gasteiger charge is 2.16. The molecule has 0 aliphatic rings. The summed E-state index contributed by atoms with van der Waals surface area (Å²) in [6, 6.07) is 44.5. The van der Waals surface area contributed by atoms with E-state index < -0.39 is 0 Å². The van der Waals surface area contributed by atoms with Crippen LogP contribution in [0.4, 0.5) is 0 Å². The molecule has 0 unspecified atom stereocenters. The first kappa shape index (κ1) is 28.3. The van der Waals surface area contributed by atoms with Crippen LogP contribution in [0.25, 0.3) is 79.3 Å². The average molecular weight is 590 g/mol. The van der Waals surface area contributed by atoms with Gasteiger partial charge in [-0.05, 0) is 53.3 Å². The van der Waals surface area contributed by atoms with Gasteiger partial charge in [0.05, 0.1) is 45.8 Å². The Morgan fingerprint density at radius 2 is 0.978 bits per heavy atom. The maximum absolute atomic E-state index is 9.30. The summed E-state index contributed by atoms with van der Waals surface area (Å²) < 4.78 is 0. The highest BCUT2D eigenvalue weighted by molar-refractivity contribution is 5.92. The van der Waals surface area contributed by atoms with Crippen molar-refractivity contribution in [1.29, 1.82) is 5.26 Å². The first-order valence-corrected chi connectivity index (χ1v) is 14.9. The second-order valence-electron chi connectivity index (χ2n) is 10.8. The second kappa shape index (κ2) is 12.2. The van der Waals surface area contributed by atoms with Gasteiger partial charge < -0.3 is 0 Å². The molecule has 0 fully saturated rings. The summed E-state index contributed by atoms with van der Waals surface area (Å²) in [7, 11) is 0. The number of fused-ring (bicyclic) bond motifs is 1. The summed E-state index contributed by atoms with van der Waals surface area (Å²) in [6.45, 7) is 7.86. The number of hydrogen-bond acceptors (Lipinski definition) is 5. The fourth-order valence-corrected chi connectivity index (χ4v) is 5.49. The van der Waals surface area contributed by atoms with Crippen LogP contribution in [-0.2, 0) is 0 Å². The van der Waals surface area contributed by atoms with Gasteiger partial charge in [-0.2, -0.15) is 5.26 Å². The summed E-state index contributed by atoms with van der Waals surface area (Å²) in [5.74, 6) is 0.683. The average Bonchev–Trinajstić information content (AvgIpc) is 3.14. The maximum atomic E-state index is 9.30. The summed E-state index contributed by atoms with van der Waals surface area (Å²) >= 11 is 0. The van der Waals surface area contributed by atoms with Gasteiger partial charge in [0.25, 0.3) is 0 Å². The smallest absolute Gasteiger partial charge is 0.160 e. The second-order valence-corrected chi connectivity index (χ2v) is 10.8. The number of benzene rings is 5. The van der Waals surface area contributed by atoms with Crippen LogP contribution in [0.5, 0.6) is 0 Å². The first-order valence-electron chi connectivity index (χ1n) is 14.9. The third-order valence-corrected chi connectivity index (χ3v) is 7.86. The van der Waals surface area contributed by atoms with Gasteiger partial charge in [0.15, 0.2) is 5.82 Å². The zero-order valence-electron chi connectivity index (χ0n) is 24.9. The van der Waals surface area contributed by atoms with Crippen molar-refractivity contribution in [3.8, 4) is 62.5 Å². The Kier molecular flexibility index (Phi) is 7.52. The van der Waals surface area contributed by atoms with Gasteiger partial charge in [-0.3, -0.25) is 0 Å². The lowest BCUT2D eigenvalue weighted by atomic mass is 9.98. The van der Waals surface area contributed by atoms with Crippen LogP contribution in [0.2, 0.25) is 0 Å². The molecule has 0 aliphatic heterocycles. The van der Waals surface area contributed by atoms with Crippen LogP contribution >= 0.6 is 0 Å². The fourth-order valence-electron chi connectivity index (χ4n) is 5.49. The first-order chi connectivity index (χ1) is 22.6. The van der Waals surface area contributed by atoms with Crippen molar-refractivity contribution in [3.05, 3.63) is 158 Å². The summed E-state index contributed by atoms with van der Waals surface area (Å²) in [5, 5.41) is 11.4. The molecule has 0 N–H and O–H groups in total. The van der Waals surface area contributed by atoms with Crippen LogP contribution in [0.15, 0.2) is 141 Å². The molecular weight excluding hydrogens is 562 g/mol. The topological polar surface area (TPSA) is 75.3 Å². The molecule has 0 saturated carbocycles. The molecule has 5 heteroatoms. The zero-order valence-corrected chi connectivity index (χ0v) is 24.9. The largest absolute Gasteiger partial charge is 0.244 e. The fraction of sp³-hybridized carbons (Fsp3) is 0. The van der Waals surface area contributed by atoms with Crippen molar-refractivity contribution in [1.82, 2.24) is 19.9 Å². The van der Waals surface area contributed by atoms with Crippen LogP contribution in [0.1, 0.15) is 17.0 Å². The van der Waals surface area contributed by atoms with Gasteiger partial charge in [-0.25, -0.2) is 19.9 Å². The lowest BCUT2D eigenvalue weighted by molar-refractivity contribution is 1.17. The van der Waals surface area contributed by atoms with Crippen molar-refractivity contribution in [2.75, 3.05) is 0 Å². The monoisotopic (exact) mass is 589 g/mol. The third-order valence-electron chi connectivity index (χ3n) is 7.86. The number of aromatic nitrogens is 4. The Balaban J connectivity index is 1.33. The Morgan fingerprint density at radius 3 is 1.57 bits per heavy atom. The predicted octanol–water partition coefficient (Wildman–Crippen LogP) is 9.91. The van der Waals surface area contributed by atoms with Crippen molar-refractivity contribution in [2.24, 2.45) is 0 Å². The molecule has 5 nitrogen and oxygen atoms in total. The maximum Gasteiger partial charge on any atom is 0.160 e. The van der Waals surface area contributed by atoms with E-state index in [4.69, 9.17) is 19.9 Å². The van der Waals surface area contributed by atoms with Crippen molar-refractivity contribution in [2.45, 2.75) is 0 Å². The van der Waals surface area contributed by atoms with E-state index >= 15 is 0 Å². The molecule has 5 aromatic carbocycles. The quantitative estimate of drug-likeness (QED) is 0.185. The van der Waals surface area contributed by atoms with Crippen molar-refractivity contribution in [3.63, 3.8) is 0 Å². The Morgan fingerprint density at radius 1 is 0.478 bits per heavy atom. The molecule has 2 aromatic heterocycles. The van der Waals surface area contributed by atoms with Crippen LogP contribution < -0.4 is 0 Å². The van der Waals surface area contributed by atoms with E-state index in [-0.39, 0.29) is 0 Å². The number of nitriles is 1. The lowest BCUT2D eigenvalue weighted by Crippen LogP contribution is -2.00. The van der Waals surface area contributed by atoms with E-state index in [0.717, 1.165) is 55.7 Å². The van der Waals surface area contributed by atoms with Gasteiger partial charge in [-0.15, -0.1) is 0 Å². The van der Waals surface area contributed by atoms with E-state index in [0.29, 0.717) is 28.5 Å². The molecule has 0 atom stereocenters. The van der Waals surface area contributed by atoms with Crippen molar-refractivity contribution < 1.29 is 0 Å². The molecular formula is C41H27N5. The van der Waals surface area contributed by atoms with Crippen LogP contribution in [0, 0.1) is 11.3 Å². The zero-order chi connectivity index (χ0) is 31.5. The highest BCUT2D eigenvalue weighted by atomic mass is 14.9. The number of rotatable bonds is 7. The normalized spacial score (nSPS) is 10.8. The minimum atomic E-state index is 0.585. The summed E-state index contributed by atoms with van der Waals surface area (Å²) in [6.07, 6.45) is 3.38. The molecule has 0 radical (unpaired) electrons. The van der Waals surface area contributed by atoms with Gasteiger partial charge >= 0.3 is 0 Å². The van der Waals surface area contributed by atoms with E-state index in [2.05, 4.69) is 73.8 Å². The molecule has 2 heterocycles. The standard InChI is InChI=1S/C41H27N5/c1-3-35-36(4-2)44-40(39(43-35)29-17-15-27(26-42)16-18-29)34-22-20-31-23-33(21-19-32(31)24-34)38-25-37(28-11-7-5-8-12-28)45-41(46-38)30-13-9-6-10-14-30/h3-25H,1-2H2. The molecule has 7 rings (SSSR count). The molecule has 216 valence electrons. The van der Waals surface area contributed by atoms with Gasteiger partial charge in [0, 0.05) is 27.8 Å².